The highest BCUT2D eigenvalue weighted by molar-refractivity contribution is 6.23. The maximum atomic E-state index is 12.3. The summed E-state index contributed by atoms with van der Waals surface area (Å²) in [6.45, 7) is 0. The van der Waals surface area contributed by atoms with Gasteiger partial charge in [0.1, 0.15) is 7.85 Å². The summed E-state index contributed by atoms with van der Waals surface area (Å²) >= 11 is 0. The lowest BCUT2D eigenvalue weighted by atomic mass is 9.90. The average Bonchev–Trinajstić information content (AvgIpc) is 1.77. The lowest BCUT2D eigenvalue weighted by Gasteiger charge is -2.02. The lowest BCUT2D eigenvalue weighted by molar-refractivity contribution is 0.584. The Hall–Kier alpha value is -0.525. The van der Waals surface area contributed by atoms with Gasteiger partial charge in [-0.05, 0) is 6.42 Å². The van der Waals surface area contributed by atoms with Gasteiger partial charge in [0.2, 0.25) is 0 Å². The molecular weight excluding hydrogens is 102 g/mol. The van der Waals surface area contributed by atoms with Crippen molar-refractivity contribution in [2.45, 2.75) is 12.8 Å². The molecule has 2 heteroatoms. The molecule has 2 radical (unpaired) electrons. The van der Waals surface area contributed by atoms with Crippen molar-refractivity contribution in [3.05, 3.63) is 23.5 Å². The van der Waals surface area contributed by atoms with E-state index < -0.39 is 0 Å². The van der Waals surface area contributed by atoms with Crippen LogP contribution in [0.5, 0.6) is 0 Å². The van der Waals surface area contributed by atoms with Gasteiger partial charge in [-0.25, -0.2) is 4.39 Å². The molecule has 40 valence electrons. The Kier molecular flexibility index (Phi) is 1.52. The van der Waals surface area contributed by atoms with Crippen LogP contribution in [0, 0.1) is 0 Å². The first kappa shape index (κ1) is 5.61. The van der Waals surface area contributed by atoms with Gasteiger partial charge in [0, 0.05) is 6.42 Å². The number of halogens is 1. The number of rotatable bonds is 0. The normalized spacial score (nSPS) is 19.6. The largest absolute Gasteiger partial charge is 0.212 e. The van der Waals surface area contributed by atoms with Gasteiger partial charge in [0.15, 0.2) is 0 Å². The van der Waals surface area contributed by atoms with Gasteiger partial charge >= 0.3 is 0 Å². The number of hydrogen-bond donors (Lipinski definition) is 0. The molecule has 0 amide bonds. The molecule has 0 saturated heterocycles. The average molecular weight is 108 g/mol. The molecule has 0 unspecified atom stereocenters. The van der Waals surface area contributed by atoms with Crippen LogP contribution in [0.15, 0.2) is 23.5 Å². The molecule has 0 aromatic rings. The van der Waals surface area contributed by atoms with E-state index in [1.165, 1.54) is 0 Å². The minimum atomic E-state index is -0.174. The second-order valence-corrected chi connectivity index (χ2v) is 1.80. The molecule has 0 saturated carbocycles. The van der Waals surface area contributed by atoms with Crippen LogP contribution >= 0.6 is 0 Å². The van der Waals surface area contributed by atoms with E-state index in [0.29, 0.717) is 6.42 Å². The molecule has 0 atom stereocenters. The van der Waals surface area contributed by atoms with Gasteiger partial charge < -0.3 is 0 Å². The van der Waals surface area contributed by atoms with Crippen LogP contribution in [-0.2, 0) is 0 Å². The van der Waals surface area contributed by atoms with Crippen LogP contribution in [0.25, 0.3) is 0 Å². The zero-order valence-corrected chi connectivity index (χ0v) is 4.52. The topological polar surface area (TPSA) is 0 Å². The summed E-state index contributed by atoms with van der Waals surface area (Å²) < 4.78 is 12.3. The third kappa shape index (κ3) is 0.999. The molecule has 1 aliphatic carbocycles. The van der Waals surface area contributed by atoms with E-state index in [1.54, 1.807) is 6.08 Å². The first-order chi connectivity index (χ1) is 3.80. The van der Waals surface area contributed by atoms with Gasteiger partial charge in [-0.15, -0.1) is 0 Å². The van der Waals surface area contributed by atoms with Crippen molar-refractivity contribution in [1.82, 2.24) is 0 Å². The van der Waals surface area contributed by atoms with Crippen molar-refractivity contribution < 1.29 is 4.39 Å². The van der Waals surface area contributed by atoms with Crippen molar-refractivity contribution in [1.29, 1.82) is 0 Å². The lowest BCUT2D eigenvalue weighted by Crippen LogP contribution is -1.88. The molecule has 0 aromatic heterocycles. The van der Waals surface area contributed by atoms with Crippen molar-refractivity contribution in [2.24, 2.45) is 0 Å². The highest BCUT2D eigenvalue weighted by Crippen LogP contribution is 2.16. The molecule has 0 spiro atoms. The Labute approximate surface area is 49.5 Å². The van der Waals surface area contributed by atoms with E-state index in [2.05, 4.69) is 0 Å². The SMILES string of the molecule is [B]C1=C(F)CCC=C1. The van der Waals surface area contributed by atoms with Crippen LogP contribution in [0.2, 0.25) is 0 Å². The minimum absolute atomic E-state index is 0.174. The Morgan fingerprint density at radius 1 is 1.62 bits per heavy atom. The molecule has 0 nitrogen and oxygen atoms in total. The fourth-order valence-electron chi connectivity index (χ4n) is 0.655. The van der Waals surface area contributed by atoms with E-state index in [4.69, 9.17) is 7.85 Å². The van der Waals surface area contributed by atoms with Crippen molar-refractivity contribution >= 4 is 7.85 Å². The van der Waals surface area contributed by atoms with Crippen molar-refractivity contribution in [3.8, 4) is 0 Å². The molecule has 0 bridgehead atoms. The fraction of sp³-hybridized carbons (Fsp3) is 0.333. The maximum Gasteiger partial charge on any atom is 0.117 e. The summed E-state index contributed by atoms with van der Waals surface area (Å²) in [5.74, 6) is -0.174. The van der Waals surface area contributed by atoms with Gasteiger partial charge in [-0.1, -0.05) is 17.6 Å². The summed E-state index contributed by atoms with van der Waals surface area (Å²) in [6, 6.07) is 0. The van der Waals surface area contributed by atoms with Gasteiger partial charge in [0.25, 0.3) is 0 Å². The summed E-state index contributed by atoms with van der Waals surface area (Å²) in [5.41, 5.74) is 0.288. The molecule has 0 heterocycles. The summed E-state index contributed by atoms with van der Waals surface area (Å²) in [7, 11) is 5.20. The molecule has 0 aromatic carbocycles. The minimum Gasteiger partial charge on any atom is -0.212 e. The highest BCUT2D eigenvalue weighted by Gasteiger charge is 2.00. The zero-order chi connectivity index (χ0) is 5.98. The van der Waals surface area contributed by atoms with E-state index in [-0.39, 0.29) is 11.3 Å². The molecule has 0 N–H and O–H groups in total. The van der Waals surface area contributed by atoms with Gasteiger partial charge in [0.05, 0.1) is 5.83 Å². The Balaban J connectivity index is 2.76. The first-order valence-corrected chi connectivity index (χ1v) is 2.61. The monoisotopic (exact) mass is 108 g/mol. The Morgan fingerprint density at radius 3 is 2.75 bits per heavy atom. The third-order valence-corrected chi connectivity index (χ3v) is 1.14. The van der Waals surface area contributed by atoms with Crippen molar-refractivity contribution in [3.63, 3.8) is 0 Å². The van der Waals surface area contributed by atoms with Gasteiger partial charge in [-0.2, -0.15) is 0 Å². The highest BCUT2D eigenvalue weighted by atomic mass is 19.1. The van der Waals surface area contributed by atoms with Crippen LogP contribution in [0.1, 0.15) is 12.8 Å². The second-order valence-electron chi connectivity index (χ2n) is 1.80. The summed E-state index contributed by atoms with van der Waals surface area (Å²) in [6.07, 6.45) is 4.74. The standard InChI is InChI=1S/C6H6BF/c7-5-3-1-2-4-6(5)8/h1,3H,2,4H2. The Bertz CT molecular complexity index is 147. The summed E-state index contributed by atoms with van der Waals surface area (Å²) in [5, 5.41) is 0. The third-order valence-electron chi connectivity index (χ3n) is 1.14. The molecule has 8 heavy (non-hydrogen) atoms. The zero-order valence-electron chi connectivity index (χ0n) is 4.52. The Morgan fingerprint density at radius 2 is 2.38 bits per heavy atom. The van der Waals surface area contributed by atoms with Crippen LogP contribution in [0.3, 0.4) is 0 Å². The van der Waals surface area contributed by atoms with E-state index in [9.17, 15) is 4.39 Å². The van der Waals surface area contributed by atoms with E-state index in [0.717, 1.165) is 6.42 Å². The molecule has 0 aliphatic heterocycles. The fourth-order valence-corrected chi connectivity index (χ4v) is 0.655. The van der Waals surface area contributed by atoms with E-state index in [1.807, 2.05) is 6.08 Å². The molecule has 0 fully saturated rings. The summed E-state index contributed by atoms with van der Waals surface area (Å²) in [4.78, 5) is 0. The van der Waals surface area contributed by atoms with Crippen LogP contribution in [-0.4, -0.2) is 7.85 Å². The van der Waals surface area contributed by atoms with Gasteiger partial charge in [-0.3, -0.25) is 0 Å². The maximum absolute atomic E-state index is 12.3. The van der Waals surface area contributed by atoms with E-state index >= 15 is 0 Å². The van der Waals surface area contributed by atoms with Crippen LogP contribution in [0.4, 0.5) is 4.39 Å². The number of allylic oxidation sites excluding steroid dienone is 4. The number of hydrogen-bond acceptors (Lipinski definition) is 0. The van der Waals surface area contributed by atoms with Crippen molar-refractivity contribution in [2.75, 3.05) is 0 Å². The molecular formula is C6H6BF. The quantitative estimate of drug-likeness (QED) is 0.414. The van der Waals surface area contributed by atoms with Crippen LogP contribution < -0.4 is 0 Å². The predicted molar refractivity (Wildman–Crippen MR) is 32.3 cm³/mol. The second kappa shape index (κ2) is 2.16. The molecule has 1 aliphatic rings. The molecule has 1 rings (SSSR count). The first-order valence-electron chi connectivity index (χ1n) is 2.61. The predicted octanol–water partition coefficient (Wildman–Crippen LogP) is 1.69. The smallest absolute Gasteiger partial charge is 0.117 e.